The maximum absolute atomic E-state index is 12.1. The molecule has 0 unspecified atom stereocenters. The Morgan fingerprint density at radius 1 is 1.04 bits per heavy atom. The normalized spacial score (nSPS) is 10.8. The number of rotatable bonds is 7. The zero-order valence-electron chi connectivity index (χ0n) is 13.8. The fourth-order valence-electron chi connectivity index (χ4n) is 1.98. The van der Waals surface area contributed by atoms with E-state index >= 15 is 0 Å². The highest BCUT2D eigenvalue weighted by atomic mass is 19.4. The number of anilines is 1. The van der Waals surface area contributed by atoms with Gasteiger partial charge < -0.3 is 24.8 Å². The first-order valence-electron chi connectivity index (χ1n) is 7.54. The average molecular weight is 370 g/mol. The third kappa shape index (κ3) is 6.42. The van der Waals surface area contributed by atoms with E-state index in [4.69, 9.17) is 9.47 Å². The number of methoxy groups -OCH3 is 1. The minimum Gasteiger partial charge on any atom is -0.493 e. The summed E-state index contributed by atoms with van der Waals surface area (Å²) in [6, 6.07) is 11.4. The molecule has 2 amide bonds. The zero-order valence-corrected chi connectivity index (χ0v) is 13.8. The van der Waals surface area contributed by atoms with Crippen molar-refractivity contribution in [1.29, 1.82) is 0 Å². The molecule has 0 aliphatic rings. The van der Waals surface area contributed by atoms with Crippen LogP contribution in [0.25, 0.3) is 0 Å². The van der Waals surface area contributed by atoms with Gasteiger partial charge in [0.15, 0.2) is 11.5 Å². The molecule has 2 rings (SSSR count). The van der Waals surface area contributed by atoms with Crippen molar-refractivity contribution in [2.45, 2.75) is 6.36 Å². The van der Waals surface area contributed by atoms with Crippen LogP contribution in [0.2, 0.25) is 0 Å². The number of carbonyl (C=O) groups is 1. The highest BCUT2D eigenvalue weighted by Gasteiger charge is 2.30. The number of para-hydroxylation sites is 2. The lowest BCUT2D eigenvalue weighted by Crippen LogP contribution is -2.32. The molecule has 0 aliphatic heterocycles. The molecular weight excluding hydrogens is 353 g/mol. The molecule has 0 atom stereocenters. The van der Waals surface area contributed by atoms with Crippen molar-refractivity contribution in [1.82, 2.24) is 5.32 Å². The largest absolute Gasteiger partial charge is 0.573 e. The molecule has 26 heavy (non-hydrogen) atoms. The van der Waals surface area contributed by atoms with Gasteiger partial charge in [0, 0.05) is 5.69 Å². The quantitative estimate of drug-likeness (QED) is 0.728. The summed E-state index contributed by atoms with van der Waals surface area (Å²) in [4.78, 5) is 11.7. The number of nitrogens with one attached hydrogen (secondary N) is 2. The van der Waals surface area contributed by atoms with Gasteiger partial charge in [-0.1, -0.05) is 12.1 Å². The number of halogens is 3. The zero-order chi connectivity index (χ0) is 19.0. The van der Waals surface area contributed by atoms with Crippen molar-refractivity contribution >= 4 is 11.7 Å². The first-order valence-corrected chi connectivity index (χ1v) is 7.54. The highest BCUT2D eigenvalue weighted by molar-refractivity contribution is 5.89. The maximum atomic E-state index is 12.1. The summed E-state index contributed by atoms with van der Waals surface area (Å²) in [5, 5.41) is 5.05. The second-order valence-corrected chi connectivity index (χ2v) is 4.95. The molecule has 0 saturated carbocycles. The summed E-state index contributed by atoms with van der Waals surface area (Å²) in [5.74, 6) is 0.768. The lowest BCUT2D eigenvalue weighted by molar-refractivity contribution is -0.274. The molecule has 140 valence electrons. The fourth-order valence-corrected chi connectivity index (χ4v) is 1.98. The number of hydrogen-bond donors (Lipinski definition) is 2. The van der Waals surface area contributed by atoms with Crippen LogP contribution in [0.3, 0.4) is 0 Å². The molecule has 0 spiro atoms. The lowest BCUT2D eigenvalue weighted by Gasteiger charge is -2.12. The number of ether oxygens (including phenoxy) is 3. The van der Waals surface area contributed by atoms with E-state index in [1.54, 1.807) is 18.2 Å². The van der Waals surface area contributed by atoms with Crippen LogP contribution in [0.5, 0.6) is 17.2 Å². The van der Waals surface area contributed by atoms with Crippen LogP contribution in [0.1, 0.15) is 0 Å². The summed E-state index contributed by atoms with van der Waals surface area (Å²) in [6.45, 7) is 0.436. The SMILES string of the molecule is COc1ccccc1OCCNC(=O)Nc1ccc(OC(F)(F)F)cc1. The fraction of sp³-hybridized carbons (Fsp3) is 0.235. The van der Waals surface area contributed by atoms with Crippen LogP contribution in [-0.2, 0) is 0 Å². The number of benzene rings is 2. The van der Waals surface area contributed by atoms with Gasteiger partial charge in [-0.05, 0) is 36.4 Å². The summed E-state index contributed by atoms with van der Waals surface area (Å²) in [7, 11) is 1.53. The molecular formula is C17H17F3N2O4. The molecule has 9 heteroatoms. The molecule has 0 aliphatic carbocycles. The second kappa shape index (κ2) is 8.84. The van der Waals surface area contributed by atoms with E-state index in [9.17, 15) is 18.0 Å². The van der Waals surface area contributed by atoms with Gasteiger partial charge in [0.2, 0.25) is 0 Å². The van der Waals surface area contributed by atoms with Crippen LogP contribution in [0.4, 0.5) is 23.7 Å². The predicted octanol–water partition coefficient (Wildman–Crippen LogP) is 3.79. The molecule has 0 fully saturated rings. The Balaban J connectivity index is 1.73. The lowest BCUT2D eigenvalue weighted by atomic mass is 10.3. The Morgan fingerprint density at radius 2 is 1.69 bits per heavy atom. The molecule has 2 aromatic carbocycles. The van der Waals surface area contributed by atoms with Gasteiger partial charge in [0.25, 0.3) is 0 Å². The minimum atomic E-state index is -4.76. The van der Waals surface area contributed by atoms with Crippen LogP contribution in [0.15, 0.2) is 48.5 Å². The first-order chi connectivity index (χ1) is 12.4. The van der Waals surface area contributed by atoms with E-state index in [0.29, 0.717) is 17.2 Å². The van der Waals surface area contributed by atoms with E-state index in [2.05, 4.69) is 15.4 Å². The highest BCUT2D eigenvalue weighted by Crippen LogP contribution is 2.25. The molecule has 0 radical (unpaired) electrons. The first kappa shape index (κ1) is 19.2. The Hall–Kier alpha value is -3.10. The van der Waals surface area contributed by atoms with Gasteiger partial charge in [-0.15, -0.1) is 13.2 Å². The number of amides is 2. The molecule has 0 heterocycles. The van der Waals surface area contributed by atoms with Gasteiger partial charge in [0.05, 0.1) is 13.7 Å². The minimum absolute atomic E-state index is 0.214. The van der Waals surface area contributed by atoms with E-state index in [0.717, 1.165) is 12.1 Å². The van der Waals surface area contributed by atoms with Crippen LogP contribution in [-0.4, -0.2) is 32.7 Å². The summed E-state index contributed by atoms with van der Waals surface area (Å²) < 4.78 is 50.6. The van der Waals surface area contributed by atoms with E-state index in [1.165, 1.54) is 19.2 Å². The molecule has 0 aromatic heterocycles. The molecule has 0 bridgehead atoms. The standard InChI is InChI=1S/C17H17F3N2O4/c1-24-14-4-2-3-5-15(14)25-11-10-21-16(23)22-12-6-8-13(9-7-12)26-17(18,19)20/h2-9H,10-11H2,1H3,(H2,21,22,23). The summed E-state index contributed by atoms with van der Waals surface area (Å²) in [6.07, 6.45) is -4.76. The third-order valence-electron chi connectivity index (χ3n) is 3.06. The Labute approximate surface area is 147 Å². The second-order valence-electron chi connectivity index (χ2n) is 4.95. The predicted molar refractivity (Wildman–Crippen MR) is 88.6 cm³/mol. The number of hydrogen-bond acceptors (Lipinski definition) is 4. The van der Waals surface area contributed by atoms with Crippen molar-refractivity contribution in [3.05, 3.63) is 48.5 Å². The van der Waals surface area contributed by atoms with E-state index in [-0.39, 0.29) is 18.9 Å². The van der Waals surface area contributed by atoms with Gasteiger partial charge in [-0.25, -0.2) is 4.79 Å². The van der Waals surface area contributed by atoms with Crippen LogP contribution < -0.4 is 24.8 Å². The van der Waals surface area contributed by atoms with Crippen molar-refractivity contribution in [2.75, 3.05) is 25.6 Å². The maximum Gasteiger partial charge on any atom is 0.573 e. The van der Waals surface area contributed by atoms with Crippen LogP contribution in [0, 0.1) is 0 Å². The number of carbonyl (C=O) groups excluding carboxylic acids is 1. The summed E-state index contributed by atoms with van der Waals surface area (Å²) in [5.41, 5.74) is 0.322. The third-order valence-corrected chi connectivity index (χ3v) is 3.06. The molecule has 2 N–H and O–H groups in total. The number of urea groups is 1. The Bertz CT molecular complexity index is 721. The van der Waals surface area contributed by atoms with E-state index in [1.807, 2.05) is 6.07 Å². The van der Waals surface area contributed by atoms with Gasteiger partial charge in [0.1, 0.15) is 12.4 Å². The van der Waals surface area contributed by atoms with Gasteiger partial charge in [-0.3, -0.25) is 0 Å². The Morgan fingerprint density at radius 3 is 2.31 bits per heavy atom. The summed E-state index contributed by atoms with van der Waals surface area (Å²) >= 11 is 0. The van der Waals surface area contributed by atoms with Crippen molar-refractivity contribution < 1.29 is 32.2 Å². The molecule has 0 saturated heterocycles. The Kier molecular flexibility index (Phi) is 6.54. The van der Waals surface area contributed by atoms with Gasteiger partial charge >= 0.3 is 12.4 Å². The van der Waals surface area contributed by atoms with Crippen molar-refractivity contribution in [3.63, 3.8) is 0 Å². The monoisotopic (exact) mass is 370 g/mol. The van der Waals surface area contributed by atoms with Gasteiger partial charge in [-0.2, -0.15) is 0 Å². The van der Waals surface area contributed by atoms with E-state index < -0.39 is 12.4 Å². The molecule has 6 nitrogen and oxygen atoms in total. The topological polar surface area (TPSA) is 68.8 Å². The smallest absolute Gasteiger partial charge is 0.493 e. The molecule has 2 aromatic rings. The number of alkyl halides is 3. The average Bonchev–Trinajstić information content (AvgIpc) is 2.59. The van der Waals surface area contributed by atoms with Crippen LogP contribution >= 0.6 is 0 Å². The van der Waals surface area contributed by atoms with Crippen molar-refractivity contribution in [3.8, 4) is 17.2 Å². The van der Waals surface area contributed by atoms with Crippen molar-refractivity contribution in [2.24, 2.45) is 0 Å².